The first kappa shape index (κ1) is 11.5. The zero-order valence-corrected chi connectivity index (χ0v) is 9.11. The number of carboxylic acid groups (broad SMARTS) is 1. The topological polar surface area (TPSA) is 114 Å². The molecule has 1 fully saturated rings. The van der Waals surface area contributed by atoms with Crippen LogP contribution in [0.25, 0.3) is 0 Å². The third kappa shape index (κ3) is 2.26. The highest BCUT2D eigenvalue weighted by Gasteiger charge is 2.42. The number of rotatable bonds is 3. The van der Waals surface area contributed by atoms with Gasteiger partial charge in [-0.1, -0.05) is 0 Å². The van der Waals surface area contributed by atoms with Crippen LogP contribution < -0.4 is 5.73 Å². The van der Waals surface area contributed by atoms with Crippen LogP contribution in [0.2, 0.25) is 0 Å². The monoisotopic (exact) mass is 239 g/mol. The molecular formula is C9H13N5O3. The highest BCUT2D eigenvalue weighted by molar-refractivity contribution is 5.83. The van der Waals surface area contributed by atoms with Gasteiger partial charge in [0.1, 0.15) is 24.7 Å². The molecule has 0 bridgehead atoms. The van der Waals surface area contributed by atoms with Crippen LogP contribution in [0.5, 0.6) is 0 Å². The van der Waals surface area contributed by atoms with Crippen molar-refractivity contribution in [1.82, 2.24) is 19.7 Å². The Labute approximate surface area is 97.0 Å². The van der Waals surface area contributed by atoms with E-state index in [0.29, 0.717) is 6.54 Å². The van der Waals surface area contributed by atoms with Crippen molar-refractivity contribution in [1.29, 1.82) is 0 Å². The molecular weight excluding hydrogens is 226 g/mol. The molecule has 92 valence electrons. The van der Waals surface area contributed by atoms with Gasteiger partial charge in [-0.3, -0.25) is 9.59 Å². The third-order valence-electron chi connectivity index (χ3n) is 2.84. The summed E-state index contributed by atoms with van der Waals surface area (Å²) in [5, 5.41) is 12.7. The van der Waals surface area contributed by atoms with Crippen LogP contribution >= 0.6 is 0 Å². The van der Waals surface area contributed by atoms with Crippen molar-refractivity contribution in [2.45, 2.75) is 18.5 Å². The Kier molecular flexibility index (Phi) is 2.80. The lowest BCUT2D eigenvalue weighted by Gasteiger charge is -2.19. The van der Waals surface area contributed by atoms with Gasteiger partial charge in [0.15, 0.2) is 0 Å². The predicted octanol–water partition coefficient (Wildman–Crippen LogP) is -1.71. The number of hydrogen-bond donors (Lipinski definition) is 2. The standard InChI is InChI=1S/C9H13N5O3/c10-9(8(16)17)1-2-13(4-9)7(15)3-14-6-11-5-12-14/h5-6H,1-4,10H2,(H,16,17). The molecule has 0 saturated carbocycles. The van der Waals surface area contributed by atoms with Gasteiger partial charge in [0.25, 0.3) is 0 Å². The summed E-state index contributed by atoms with van der Waals surface area (Å²) in [6.07, 6.45) is 3.04. The van der Waals surface area contributed by atoms with E-state index in [2.05, 4.69) is 10.1 Å². The van der Waals surface area contributed by atoms with Gasteiger partial charge in [0.2, 0.25) is 5.91 Å². The zero-order valence-electron chi connectivity index (χ0n) is 9.11. The molecule has 2 rings (SSSR count). The fourth-order valence-electron chi connectivity index (χ4n) is 1.77. The van der Waals surface area contributed by atoms with Gasteiger partial charge in [-0.2, -0.15) is 5.10 Å². The van der Waals surface area contributed by atoms with Gasteiger partial charge in [-0.05, 0) is 6.42 Å². The summed E-state index contributed by atoms with van der Waals surface area (Å²) in [7, 11) is 0. The lowest BCUT2D eigenvalue weighted by atomic mass is 10.0. The van der Waals surface area contributed by atoms with E-state index in [0.717, 1.165) is 0 Å². The zero-order chi connectivity index (χ0) is 12.5. The fraction of sp³-hybridized carbons (Fsp3) is 0.556. The average molecular weight is 239 g/mol. The second-order valence-electron chi connectivity index (χ2n) is 4.12. The molecule has 0 radical (unpaired) electrons. The van der Waals surface area contributed by atoms with Gasteiger partial charge < -0.3 is 15.7 Å². The van der Waals surface area contributed by atoms with E-state index in [1.54, 1.807) is 0 Å². The van der Waals surface area contributed by atoms with Crippen LogP contribution in [0, 0.1) is 0 Å². The third-order valence-corrected chi connectivity index (χ3v) is 2.84. The molecule has 2 heterocycles. The summed E-state index contributed by atoms with van der Waals surface area (Å²) >= 11 is 0. The lowest BCUT2D eigenvalue weighted by Crippen LogP contribution is -2.50. The summed E-state index contributed by atoms with van der Waals surface area (Å²) in [5.41, 5.74) is 4.35. The number of nitrogens with two attached hydrogens (primary N) is 1. The van der Waals surface area contributed by atoms with Crippen LogP contribution in [0.4, 0.5) is 0 Å². The molecule has 17 heavy (non-hydrogen) atoms. The van der Waals surface area contributed by atoms with Crippen molar-refractivity contribution in [3.05, 3.63) is 12.7 Å². The van der Waals surface area contributed by atoms with Crippen molar-refractivity contribution in [2.24, 2.45) is 5.73 Å². The molecule has 1 aromatic rings. The quantitative estimate of drug-likeness (QED) is 0.649. The molecule has 0 spiro atoms. The van der Waals surface area contributed by atoms with Crippen LogP contribution in [0.15, 0.2) is 12.7 Å². The van der Waals surface area contributed by atoms with E-state index in [1.165, 1.54) is 22.2 Å². The highest BCUT2D eigenvalue weighted by Crippen LogP contribution is 2.19. The number of aliphatic carboxylic acids is 1. The van der Waals surface area contributed by atoms with Crippen molar-refractivity contribution in [3.8, 4) is 0 Å². The number of amides is 1. The number of carbonyl (C=O) groups excluding carboxylic acids is 1. The minimum atomic E-state index is -1.32. The molecule has 1 amide bonds. The minimum Gasteiger partial charge on any atom is -0.480 e. The molecule has 8 heteroatoms. The number of carboxylic acids is 1. The normalized spacial score (nSPS) is 23.9. The Balaban J connectivity index is 1.97. The molecule has 1 unspecified atom stereocenters. The molecule has 1 saturated heterocycles. The van der Waals surface area contributed by atoms with Crippen molar-refractivity contribution < 1.29 is 14.7 Å². The number of aromatic nitrogens is 3. The summed E-state index contributed by atoms with van der Waals surface area (Å²) in [4.78, 5) is 27.9. The maximum atomic E-state index is 11.8. The molecule has 8 nitrogen and oxygen atoms in total. The van der Waals surface area contributed by atoms with Gasteiger partial charge in [-0.25, -0.2) is 9.67 Å². The smallest absolute Gasteiger partial charge is 0.325 e. The molecule has 1 aromatic heterocycles. The first-order valence-electron chi connectivity index (χ1n) is 5.14. The molecule has 1 atom stereocenters. The number of likely N-dealkylation sites (tertiary alicyclic amines) is 1. The Morgan fingerprint density at radius 1 is 1.53 bits per heavy atom. The van der Waals surface area contributed by atoms with E-state index in [-0.39, 0.29) is 25.4 Å². The van der Waals surface area contributed by atoms with Crippen molar-refractivity contribution in [2.75, 3.05) is 13.1 Å². The Hall–Kier alpha value is -1.96. The van der Waals surface area contributed by atoms with Crippen molar-refractivity contribution >= 4 is 11.9 Å². The van der Waals surface area contributed by atoms with Gasteiger partial charge in [-0.15, -0.1) is 0 Å². The van der Waals surface area contributed by atoms with Crippen LogP contribution in [0.1, 0.15) is 6.42 Å². The first-order chi connectivity index (χ1) is 8.01. The van der Waals surface area contributed by atoms with E-state index in [9.17, 15) is 9.59 Å². The molecule has 0 aliphatic carbocycles. The largest absolute Gasteiger partial charge is 0.480 e. The number of carbonyl (C=O) groups is 2. The summed E-state index contributed by atoms with van der Waals surface area (Å²) < 4.78 is 1.39. The Bertz CT molecular complexity index is 432. The van der Waals surface area contributed by atoms with E-state index >= 15 is 0 Å². The number of hydrogen-bond acceptors (Lipinski definition) is 5. The van der Waals surface area contributed by atoms with Crippen LogP contribution in [0.3, 0.4) is 0 Å². The summed E-state index contributed by atoms with van der Waals surface area (Å²) in [6.45, 7) is 0.446. The maximum Gasteiger partial charge on any atom is 0.325 e. The van der Waals surface area contributed by atoms with Crippen LogP contribution in [-0.2, 0) is 16.1 Å². The van der Waals surface area contributed by atoms with Gasteiger partial charge in [0, 0.05) is 13.1 Å². The minimum absolute atomic E-state index is 0.0376. The lowest BCUT2D eigenvalue weighted by molar-refractivity contribution is -0.143. The Morgan fingerprint density at radius 3 is 2.82 bits per heavy atom. The molecule has 0 aromatic carbocycles. The highest BCUT2D eigenvalue weighted by atomic mass is 16.4. The average Bonchev–Trinajstić information content (AvgIpc) is 2.88. The van der Waals surface area contributed by atoms with Crippen molar-refractivity contribution in [3.63, 3.8) is 0 Å². The second kappa shape index (κ2) is 4.13. The predicted molar refractivity (Wildman–Crippen MR) is 55.8 cm³/mol. The van der Waals surface area contributed by atoms with E-state index in [1.807, 2.05) is 0 Å². The summed E-state index contributed by atoms with van der Waals surface area (Å²) in [6, 6.07) is 0. The molecule has 1 aliphatic heterocycles. The summed E-state index contributed by atoms with van der Waals surface area (Å²) in [5.74, 6) is -1.28. The van der Waals surface area contributed by atoms with E-state index < -0.39 is 11.5 Å². The first-order valence-corrected chi connectivity index (χ1v) is 5.14. The van der Waals surface area contributed by atoms with E-state index in [4.69, 9.17) is 10.8 Å². The Morgan fingerprint density at radius 2 is 2.29 bits per heavy atom. The fourth-order valence-corrected chi connectivity index (χ4v) is 1.77. The van der Waals surface area contributed by atoms with Crippen LogP contribution in [-0.4, -0.2) is 55.3 Å². The second-order valence-corrected chi connectivity index (χ2v) is 4.12. The number of nitrogens with zero attached hydrogens (tertiary/aromatic N) is 4. The van der Waals surface area contributed by atoms with Gasteiger partial charge in [0.05, 0.1) is 0 Å². The SMILES string of the molecule is NC1(C(=O)O)CCN(C(=O)Cn2cncn2)C1. The van der Waals surface area contributed by atoms with Gasteiger partial charge >= 0.3 is 5.97 Å². The molecule has 3 N–H and O–H groups in total. The maximum absolute atomic E-state index is 11.8. The molecule has 1 aliphatic rings.